The summed E-state index contributed by atoms with van der Waals surface area (Å²) in [5.74, 6) is 0. The van der Waals surface area contributed by atoms with Gasteiger partial charge in [0, 0.05) is 54.6 Å². The fourth-order valence-corrected chi connectivity index (χ4v) is 8.68. The van der Waals surface area contributed by atoms with Gasteiger partial charge in [-0.2, -0.15) is 0 Å². The third-order valence-electron chi connectivity index (χ3n) is 10.9. The molecule has 0 aliphatic heterocycles. The molecule has 0 spiro atoms. The van der Waals surface area contributed by atoms with Crippen molar-refractivity contribution >= 4 is 87.5 Å². The van der Waals surface area contributed by atoms with Crippen molar-refractivity contribution in [3.8, 4) is 22.5 Å². The standard InChI is InChI=1S/C48H28N2O2/c1-5-19-40-33(13-1)34-14-2-6-20-41(34)49(40)31-23-25-42-39(28-31)46-43(26-24-38-36-16-4-8-22-45(36)52-48(38)46)50(42)30-12-9-11-29(27-30)32-17-10-18-37-35-15-3-7-21-44(35)51-47(32)37/h1-28H. The number of fused-ring (bicyclic) bond motifs is 13. The van der Waals surface area contributed by atoms with Gasteiger partial charge < -0.3 is 18.0 Å². The number of para-hydroxylation sites is 5. The molecule has 4 aromatic heterocycles. The summed E-state index contributed by atoms with van der Waals surface area (Å²) < 4.78 is 18.0. The summed E-state index contributed by atoms with van der Waals surface area (Å²) in [6.45, 7) is 0. The van der Waals surface area contributed by atoms with Gasteiger partial charge in [0.25, 0.3) is 0 Å². The number of rotatable bonds is 3. The van der Waals surface area contributed by atoms with Crippen LogP contribution in [-0.4, -0.2) is 9.13 Å². The summed E-state index contributed by atoms with van der Waals surface area (Å²) in [6, 6.07) is 60.5. The van der Waals surface area contributed by atoms with Gasteiger partial charge in [-0.15, -0.1) is 0 Å². The molecule has 4 heteroatoms. The van der Waals surface area contributed by atoms with E-state index in [1.807, 2.05) is 18.2 Å². The predicted octanol–water partition coefficient (Wildman–Crippen LogP) is 13.3. The molecule has 0 aliphatic rings. The minimum absolute atomic E-state index is 0.894. The monoisotopic (exact) mass is 664 g/mol. The maximum atomic E-state index is 6.73. The lowest BCUT2D eigenvalue weighted by Gasteiger charge is -2.12. The van der Waals surface area contributed by atoms with Crippen LogP contribution in [0.5, 0.6) is 0 Å². The summed E-state index contributed by atoms with van der Waals surface area (Å²) in [5, 5.41) is 9.25. The molecule has 0 bridgehead atoms. The topological polar surface area (TPSA) is 36.1 Å². The molecule has 0 saturated carbocycles. The molecule has 0 N–H and O–H groups in total. The van der Waals surface area contributed by atoms with E-state index in [0.717, 1.165) is 88.2 Å². The SMILES string of the molecule is c1cc(-c2cccc3c2oc2ccccc23)cc(-n2c3ccc(-n4c5ccccc5c5ccccc54)cc3c3c4oc5ccccc5c4ccc32)c1. The molecule has 12 rings (SSSR count). The van der Waals surface area contributed by atoms with Crippen LogP contribution in [0.15, 0.2) is 179 Å². The molecule has 8 aromatic carbocycles. The van der Waals surface area contributed by atoms with Gasteiger partial charge in [-0.05, 0) is 72.3 Å². The van der Waals surface area contributed by atoms with Crippen molar-refractivity contribution in [2.75, 3.05) is 0 Å². The number of hydrogen-bond donors (Lipinski definition) is 0. The summed E-state index contributed by atoms with van der Waals surface area (Å²) in [4.78, 5) is 0. The van der Waals surface area contributed by atoms with Crippen molar-refractivity contribution in [2.24, 2.45) is 0 Å². The summed E-state index contributed by atoms with van der Waals surface area (Å²) in [7, 11) is 0. The minimum atomic E-state index is 0.894. The average molecular weight is 665 g/mol. The smallest absolute Gasteiger partial charge is 0.145 e. The lowest BCUT2D eigenvalue weighted by atomic mass is 10.0. The molecule has 242 valence electrons. The fourth-order valence-electron chi connectivity index (χ4n) is 8.68. The number of hydrogen-bond acceptors (Lipinski definition) is 2. The third kappa shape index (κ3) is 3.70. The van der Waals surface area contributed by atoms with Crippen LogP contribution in [-0.2, 0) is 0 Å². The van der Waals surface area contributed by atoms with Gasteiger partial charge in [0.1, 0.15) is 22.3 Å². The Balaban J connectivity index is 1.16. The Hall–Kier alpha value is -7.04. The summed E-state index contributed by atoms with van der Waals surface area (Å²) in [6.07, 6.45) is 0. The van der Waals surface area contributed by atoms with Gasteiger partial charge in [0.05, 0.1) is 27.5 Å². The van der Waals surface area contributed by atoms with E-state index in [2.05, 4.69) is 161 Å². The highest BCUT2D eigenvalue weighted by atomic mass is 16.3. The molecule has 12 aromatic rings. The van der Waals surface area contributed by atoms with Crippen molar-refractivity contribution < 1.29 is 8.83 Å². The largest absolute Gasteiger partial charge is 0.455 e. The predicted molar refractivity (Wildman–Crippen MR) is 215 cm³/mol. The van der Waals surface area contributed by atoms with Crippen molar-refractivity contribution in [3.05, 3.63) is 170 Å². The zero-order chi connectivity index (χ0) is 33.9. The number of furan rings is 2. The van der Waals surface area contributed by atoms with E-state index in [9.17, 15) is 0 Å². The Morgan fingerprint density at radius 3 is 1.62 bits per heavy atom. The second-order valence-electron chi connectivity index (χ2n) is 13.7. The highest BCUT2D eigenvalue weighted by molar-refractivity contribution is 6.24. The van der Waals surface area contributed by atoms with Crippen LogP contribution in [0.1, 0.15) is 0 Å². The van der Waals surface area contributed by atoms with E-state index < -0.39 is 0 Å². The van der Waals surface area contributed by atoms with Crippen LogP contribution in [0.4, 0.5) is 0 Å². The maximum absolute atomic E-state index is 6.73. The van der Waals surface area contributed by atoms with Crippen LogP contribution in [0, 0.1) is 0 Å². The van der Waals surface area contributed by atoms with Crippen LogP contribution >= 0.6 is 0 Å². The van der Waals surface area contributed by atoms with Crippen LogP contribution in [0.3, 0.4) is 0 Å². The lowest BCUT2D eigenvalue weighted by molar-refractivity contribution is 0.670. The van der Waals surface area contributed by atoms with Gasteiger partial charge in [0.15, 0.2) is 0 Å². The van der Waals surface area contributed by atoms with Gasteiger partial charge in [-0.1, -0.05) is 103 Å². The first-order valence-corrected chi connectivity index (χ1v) is 17.7. The molecule has 0 fully saturated rings. The van der Waals surface area contributed by atoms with E-state index in [1.165, 1.54) is 21.8 Å². The highest BCUT2D eigenvalue weighted by Gasteiger charge is 2.21. The van der Waals surface area contributed by atoms with Crippen molar-refractivity contribution in [2.45, 2.75) is 0 Å². The van der Waals surface area contributed by atoms with Gasteiger partial charge in [-0.25, -0.2) is 0 Å². The van der Waals surface area contributed by atoms with Crippen molar-refractivity contribution in [1.29, 1.82) is 0 Å². The van der Waals surface area contributed by atoms with Gasteiger partial charge in [-0.3, -0.25) is 0 Å². The van der Waals surface area contributed by atoms with E-state index in [0.29, 0.717) is 0 Å². The lowest BCUT2D eigenvalue weighted by Crippen LogP contribution is -1.96. The third-order valence-corrected chi connectivity index (χ3v) is 10.9. The quantitative estimate of drug-likeness (QED) is 0.188. The number of nitrogens with zero attached hydrogens (tertiary/aromatic N) is 2. The van der Waals surface area contributed by atoms with Gasteiger partial charge in [0.2, 0.25) is 0 Å². The van der Waals surface area contributed by atoms with Crippen molar-refractivity contribution in [3.63, 3.8) is 0 Å². The second-order valence-corrected chi connectivity index (χ2v) is 13.7. The molecule has 4 heterocycles. The Labute approximate surface area is 296 Å². The zero-order valence-corrected chi connectivity index (χ0v) is 27.9. The highest BCUT2D eigenvalue weighted by Crippen LogP contribution is 2.43. The van der Waals surface area contributed by atoms with Gasteiger partial charge >= 0.3 is 0 Å². The van der Waals surface area contributed by atoms with Crippen LogP contribution in [0.2, 0.25) is 0 Å². The summed E-state index contributed by atoms with van der Waals surface area (Å²) in [5.41, 5.74) is 12.6. The van der Waals surface area contributed by atoms with E-state index in [1.54, 1.807) is 0 Å². The van der Waals surface area contributed by atoms with E-state index in [-0.39, 0.29) is 0 Å². The molecular weight excluding hydrogens is 637 g/mol. The Morgan fingerprint density at radius 2 is 0.865 bits per heavy atom. The molecular formula is C48H28N2O2. The molecule has 0 aliphatic carbocycles. The molecule has 0 amide bonds. The first-order chi connectivity index (χ1) is 25.8. The normalized spacial score (nSPS) is 12.2. The van der Waals surface area contributed by atoms with Crippen molar-refractivity contribution in [1.82, 2.24) is 9.13 Å². The second kappa shape index (κ2) is 10.3. The summed E-state index contributed by atoms with van der Waals surface area (Å²) >= 11 is 0. The van der Waals surface area contributed by atoms with E-state index in [4.69, 9.17) is 8.83 Å². The number of aromatic nitrogens is 2. The molecule has 0 radical (unpaired) electrons. The fraction of sp³-hybridized carbons (Fsp3) is 0. The Bertz CT molecular complexity index is 3370. The molecule has 0 atom stereocenters. The molecule has 52 heavy (non-hydrogen) atoms. The molecule has 0 saturated heterocycles. The first kappa shape index (κ1) is 27.7. The minimum Gasteiger partial charge on any atom is -0.455 e. The van der Waals surface area contributed by atoms with E-state index >= 15 is 0 Å². The number of benzene rings is 8. The zero-order valence-electron chi connectivity index (χ0n) is 27.9. The van der Waals surface area contributed by atoms with Crippen LogP contribution in [0.25, 0.3) is 110 Å². The molecule has 0 unspecified atom stereocenters. The molecule has 4 nitrogen and oxygen atoms in total. The maximum Gasteiger partial charge on any atom is 0.145 e. The Kier molecular flexibility index (Phi) is 5.47. The average Bonchev–Trinajstić information content (AvgIpc) is 3.95. The first-order valence-electron chi connectivity index (χ1n) is 17.7. The Morgan fingerprint density at radius 1 is 0.327 bits per heavy atom. The van der Waals surface area contributed by atoms with Crippen LogP contribution < -0.4 is 0 Å².